The highest BCUT2D eigenvalue weighted by atomic mass is 16.5. The van der Waals surface area contributed by atoms with Gasteiger partial charge in [0.2, 0.25) is 0 Å². The van der Waals surface area contributed by atoms with E-state index < -0.39 is 12.2 Å². The average Bonchev–Trinajstić information content (AvgIpc) is 3.11. The molecule has 4 rings (SSSR count). The highest BCUT2D eigenvalue weighted by Gasteiger charge is 2.36. The maximum atomic E-state index is 9.95. The van der Waals surface area contributed by atoms with E-state index in [2.05, 4.69) is 9.97 Å². The first-order valence-corrected chi connectivity index (χ1v) is 7.15. The van der Waals surface area contributed by atoms with E-state index in [1.54, 1.807) is 6.20 Å². The summed E-state index contributed by atoms with van der Waals surface area (Å²) in [4.78, 5) is 8.69. The number of rotatable bonds is 2. The molecule has 0 aliphatic carbocycles. The van der Waals surface area contributed by atoms with Crippen LogP contribution < -0.4 is 5.73 Å². The Hall–Kier alpha value is -2.22. The van der Waals surface area contributed by atoms with E-state index >= 15 is 0 Å². The van der Waals surface area contributed by atoms with E-state index in [0.29, 0.717) is 17.9 Å². The molecule has 3 unspecified atom stereocenters. The zero-order valence-corrected chi connectivity index (χ0v) is 11.8. The summed E-state index contributed by atoms with van der Waals surface area (Å²) >= 11 is 0. The van der Waals surface area contributed by atoms with Gasteiger partial charge in [0.05, 0.1) is 35.6 Å². The zero-order chi connectivity index (χ0) is 15.3. The number of anilines is 1. The number of aliphatic hydroxyl groups excluding tert-OH is 2. The molecule has 7 heteroatoms. The third-order valence-electron chi connectivity index (χ3n) is 4.12. The Balaban J connectivity index is 1.92. The molecule has 0 amide bonds. The van der Waals surface area contributed by atoms with Crippen LogP contribution in [0.4, 0.5) is 5.82 Å². The Labute approximate surface area is 126 Å². The summed E-state index contributed by atoms with van der Waals surface area (Å²) < 4.78 is 7.65. The summed E-state index contributed by atoms with van der Waals surface area (Å²) in [5.41, 5.74) is 9.01. The second kappa shape index (κ2) is 4.91. The maximum Gasteiger partial charge on any atom is 0.180 e. The Morgan fingerprint density at radius 3 is 2.95 bits per heavy atom. The summed E-state index contributed by atoms with van der Waals surface area (Å²) in [6, 6.07) is 7.64. The van der Waals surface area contributed by atoms with Gasteiger partial charge >= 0.3 is 0 Å². The van der Waals surface area contributed by atoms with Gasteiger partial charge < -0.3 is 20.7 Å². The van der Waals surface area contributed by atoms with E-state index in [1.165, 1.54) is 0 Å². The van der Waals surface area contributed by atoms with Crippen molar-refractivity contribution in [3.63, 3.8) is 0 Å². The van der Waals surface area contributed by atoms with Gasteiger partial charge in [0.15, 0.2) is 11.5 Å². The molecular formula is C15H16N4O3. The van der Waals surface area contributed by atoms with Gasteiger partial charge in [0.25, 0.3) is 0 Å². The molecule has 1 saturated heterocycles. The predicted octanol–water partition coefficient (Wildman–Crippen LogP) is 0.648. The lowest BCUT2D eigenvalue weighted by Gasteiger charge is -2.13. The first-order valence-electron chi connectivity index (χ1n) is 7.15. The minimum atomic E-state index is -0.689. The van der Waals surface area contributed by atoms with Crippen molar-refractivity contribution in [3.05, 3.63) is 36.2 Å². The van der Waals surface area contributed by atoms with Crippen LogP contribution in [0.1, 0.15) is 18.2 Å². The number of ether oxygens (including phenoxy) is 1. The number of imidazole rings is 1. The highest BCUT2D eigenvalue weighted by Crippen LogP contribution is 2.34. The van der Waals surface area contributed by atoms with Crippen LogP contribution in [0.15, 0.2) is 30.5 Å². The molecule has 2 aromatic heterocycles. The Morgan fingerprint density at radius 1 is 1.36 bits per heavy atom. The third kappa shape index (κ3) is 1.87. The minimum absolute atomic E-state index is 0.209. The van der Waals surface area contributed by atoms with Gasteiger partial charge in [-0.15, -0.1) is 0 Å². The molecular weight excluding hydrogens is 284 g/mol. The number of nitrogen functional groups attached to an aromatic ring is 1. The van der Waals surface area contributed by atoms with Gasteiger partial charge in [-0.25, -0.2) is 9.97 Å². The van der Waals surface area contributed by atoms with Crippen molar-refractivity contribution in [2.24, 2.45) is 0 Å². The number of nitrogens with two attached hydrogens (primary N) is 1. The van der Waals surface area contributed by atoms with Crippen molar-refractivity contribution < 1.29 is 14.9 Å². The summed E-state index contributed by atoms with van der Waals surface area (Å²) in [6.45, 7) is -0.209. The second-order valence-corrected chi connectivity index (χ2v) is 5.48. The molecule has 3 atom stereocenters. The van der Waals surface area contributed by atoms with Crippen LogP contribution in [-0.2, 0) is 4.74 Å². The van der Waals surface area contributed by atoms with Gasteiger partial charge in [0, 0.05) is 6.42 Å². The number of nitrogens with zero attached hydrogens (tertiary/aromatic N) is 3. The van der Waals surface area contributed by atoms with Crippen molar-refractivity contribution in [1.82, 2.24) is 14.4 Å². The molecule has 1 aromatic carbocycles. The van der Waals surface area contributed by atoms with E-state index in [9.17, 15) is 10.2 Å². The van der Waals surface area contributed by atoms with Crippen LogP contribution in [0.5, 0.6) is 0 Å². The number of fused-ring (bicyclic) bond motifs is 3. The number of para-hydroxylation sites is 2. The lowest BCUT2D eigenvalue weighted by molar-refractivity contribution is -0.0237. The second-order valence-electron chi connectivity index (χ2n) is 5.48. The summed E-state index contributed by atoms with van der Waals surface area (Å²) in [5.74, 6) is 0.349. The molecule has 3 heterocycles. The van der Waals surface area contributed by atoms with Crippen molar-refractivity contribution in [1.29, 1.82) is 0 Å². The van der Waals surface area contributed by atoms with Crippen LogP contribution in [0.3, 0.4) is 0 Å². The van der Waals surface area contributed by atoms with Crippen LogP contribution in [0.2, 0.25) is 0 Å². The molecule has 22 heavy (non-hydrogen) atoms. The van der Waals surface area contributed by atoms with E-state index in [4.69, 9.17) is 10.5 Å². The molecule has 1 aliphatic heterocycles. The number of hydrogen-bond acceptors (Lipinski definition) is 6. The smallest absolute Gasteiger partial charge is 0.180 e. The first-order chi connectivity index (χ1) is 10.7. The topological polar surface area (TPSA) is 106 Å². The number of aromatic nitrogens is 3. The molecule has 0 radical (unpaired) electrons. The van der Waals surface area contributed by atoms with Gasteiger partial charge in [-0.1, -0.05) is 12.1 Å². The van der Waals surface area contributed by atoms with E-state index in [1.807, 2.05) is 28.7 Å². The monoisotopic (exact) mass is 300 g/mol. The summed E-state index contributed by atoms with van der Waals surface area (Å²) in [6.07, 6.45) is 0.506. The van der Waals surface area contributed by atoms with Crippen LogP contribution in [0, 0.1) is 0 Å². The average molecular weight is 300 g/mol. The lowest BCUT2D eigenvalue weighted by atomic mass is 10.1. The molecule has 3 aromatic rings. The molecule has 7 nitrogen and oxygen atoms in total. The standard InChI is InChI=1S/C15H16N4O3/c16-14-15-17-6-10(12-5-11(21)13(7-20)22-12)19(15)9-4-2-1-3-8(9)18-14/h1-4,6,11-13,20-21H,5,7H2,(H2,16,18). The van der Waals surface area contributed by atoms with Gasteiger partial charge in [-0.2, -0.15) is 0 Å². The fourth-order valence-electron chi connectivity index (χ4n) is 3.04. The number of benzene rings is 1. The van der Waals surface area contributed by atoms with Gasteiger partial charge in [0.1, 0.15) is 12.2 Å². The lowest BCUT2D eigenvalue weighted by Crippen LogP contribution is -2.24. The first kappa shape index (κ1) is 13.4. The summed E-state index contributed by atoms with van der Waals surface area (Å²) in [5, 5.41) is 19.2. The fourth-order valence-corrected chi connectivity index (χ4v) is 3.04. The largest absolute Gasteiger partial charge is 0.394 e. The van der Waals surface area contributed by atoms with Crippen molar-refractivity contribution in [2.45, 2.75) is 24.7 Å². The van der Waals surface area contributed by atoms with Gasteiger partial charge in [-0.3, -0.25) is 4.40 Å². The Bertz CT molecular complexity index is 847. The molecule has 4 N–H and O–H groups in total. The van der Waals surface area contributed by atoms with Crippen LogP contribution in [-0.4, -0.2) is 43.4 Å². The van der Waals surface area contributed by atoms with E-state index in [0.717, 1.165) is 16.7 Å². The molecule has 114 valence electrons. The van der Waals surface area contributed by atoms with Crippen molar-refractivity contribution in [3.8, 4) is 0 Å². The van der Waals surface area contributed by atoms with Crippen LogP contribution in [0.25, 0.3) is 16.7 Å². The molecule has 1 fully saturated rings. The summed E-state index contributed by atoms with van der Waals surface area (Å²) in [7, 11) is 0. The SMILES string of the molecule is Nc1nc2ccccc2n2c(C3CC(O)C(CO)O3)cnc12. The normalized spacial score (nSPS) is 25.3. The fraction of sp³-hybridized carbons (Fsp3) is 0.333. The Morgan fingerprint density at radius 2 is 2.18 bits per heavy atom. The highest BCUT2D eigenvalue weighted by molar-refractivity contribution is 5.82. The van der Waals surface area contributed by atoms with Gasteiger partial charge in [-0.05, 0) is 12.1 Å². The number of aliphatic hydroxyl groups is 2. The molecule has 1 aliphatic rings. The van der Waals surface area contributed by atoms with E-state index in [-0.39, 0.29) is 12.7 Å². The third-order valence-corrected chi connectivity index (χ3v) is 4.12. The molecule has 0 bridgehead atoms. The maximum absolute atomic E-state index is 9.95. The zero-order valence-electron chi connectivity index (χ0n) is 11.8. The number of hydrogen-bond donors (Lipinski definition) is 3. The van der Waals surface area contributed by atoms with Crippen molar-refractivity contribution in [2.75, 3.05) is 12.3 Å². The Kier molecular flexibility index (Phi) is 3.00. The van der Waals surface area contributed by atoms with Crippen LogP contribution >= 0.6 is 0 Å². The van der Waals surface area contributed by atoms with Crippen molar-refractivity contribution >= 4 is 22.5 Å². The molecule has 0 saturated carbocycles. The quantitative estimate of drug-likeness (QED) is 0.641. The molecule has 0 spiro atoms. The minimum Gasteiger partial charge on any atom is -0.394 e. The predicted molar refractivity (Wildman–Crippen MR) is 80.2 cm³/mol.